The average Bonchev–Trinajstić information content (AvgIpc) is 3.31. The van der Waals surface area contributed by atoms with Crippen LogP contribution in [0.25, 0.3) is 21.7 Å². The Morgan fingerprint density at radius 1 is 1.04 bits per heavy atom. The molecule has 1 aliphatic rings. The zero-order valence-electron chi connectivity index (χ0n) is 13.0. The summed E-state index contributed by atoms with van der Waals surface area (Å²) in [6.45, 7) is 0. The molecular weight excluding hydrogens is 342 g/mol. The van der Waals surface area contributed by atoms with Gasteiger partial charge in [0.05, 0.1) is 9.77 Å². The first-order valence-electron chi connectivity index (χ1n) is 7.61. The topological polar surface area (TPSA) is 72.8 Å². The third-order valence-electron chi connectivity index (χ3n) is 4.09. The standard InChI is InChI=1S/C17H15N3O2S2/c1-24(21,22)14-7-4-12(5-8-14)17-16(19-20-23-17)13-6-9-15(18-10-13)11-2-3-11/h4-11H,2-3H2,1H3. The van der Waals surface area contributed by atoms with Crippen molar-refractivity contribution in [3.8, 4) is 21.7 Å². The highest BCUT2D eigenvalue weighted by molar-refractivity contribution is 7.90. The quantitative estimate of drug-likeness (QED) is 0.714. The van der Waals surface area contributed by atoms with Crippen molar-refractivity contribution >= 4 is 21.4 Å². The Hall–Kier alpha value is -2.12. The van der Waals surface area contributed by atoms with Crippen molar-refractivity contribution in [1.29, 1.82) is 0 Å². The van der Waals surface area contributed by atoms with Crippen molar-refractivity contribution in [2.75, 3.05) is 6.26 Å². The first-order chi connectivity index (χ1) is 11.5. The maximum Gasteiger partial charge on any atom is 0.175 e. The van der Waals surface area contributed by atoms with Gasteiger partial charge in [-0.1, -0.05) is 16.6 Å². The van der Waals surface area contributed by atoms with Crippen LogP contribution in [0.5, 0.6) is 0 Å². The number of hydrogen-bond acceptors (Lipinski definition) is 6. The predicted molar refractivity (Wildman–Crippen MR) is 93.7 cm³/mol. The normalized spacial score (nSPS) is 14.7. The lowest BCUT2D eigenvalue weighted by molar-refractivity contribution is 0.602. The second kappa shape index (κ2) is 5.75. The van der Waals surface area contributed by atoms with Gasteiger partial charge in [0.1, 0.15) is 5.69 Å². The first-order valence-corrected chi connectivity index (χ1v) is 10.3. The fourth-order valence-electron chi connectivity index (χ4n) is 2.59. The van der Waals surface area contributed by atoms with Gasteiger partial charge < -0.3 is 0 Å². The van der Waals surface area contributed by atoms with E-state index in [1.165, 1.54) is 30.6 Å². The molecule has 0 bridgehead atoms. The van der Waals surface area contributed by atoms with Gasteiger partial charge >= 0.3 is 0 Å². The summed E-state index contributed by atoms with van der Waals surface area (Å²) >= 11 is 1.30. The molecule has 0 spiro atoms. The Balaban J connectivity index is 1.69. The SMILES string of the molecule is CS(=O)(=O)c1ccc(-c2snnc2-c2ccc(C3CC3)nc2)cc1. The molecule has 3 aromatic rings. The molecule has 2 aromatic heterocycles. The van der Waals surface area contributed by atoms with Crippen LogP contribution in [0, 0.1) is 0 Å². The highest BCUT2D eigenvalue weighted by Crippen LogP contribution is 2.40. The molecule has 1 aliphatic carbocycles. The van der Waals surface area contributed by atoms with E-state index in [0.29, 0.717) is 10.8 Å². The first kappa shape index (κ1) is 15.4. The van der Waals surface area contributed by atoms with Crippen LogP contribution >= 0.6 is 11.5 Å². The van der Waals surface area contributed by atoms with E-state index in [1.54, 1.807) is 24.3 Å². The summed E-state index contributed by atoms with van der Waals surface area (Å²) in [5, 5.41) is 4.23. The van der Waals surface area contributed by atoms with E-state index in [1.807, 2.05) is 12.3 Å². The minimum Gasteiger partial charge on any atom is -0.260 e. The van der Waals surface area contributed by atoms with Gasteiger partial charge in [0, 0.05) is 29.6 Å². The third kappa shape index (κ3) is 2.97. The third-order valence-corrected chi connectivity index (χ3v) is 5.99. The Kier molecular flexibility index (Phi) is 3.69. The van der Waals surface area contributed by atoms with Crippen molar-refractivity contribution < 1.29 is 8.42 Å². The minimum atomic E-state index is -3.20. The largest absolute Gasteiger partial charge is 0.260 e. The molecule has 7 heteroatoms. The van der Waals surface area contributed by atoms with Gasteiger partial charge in [-0.05, 0) is 54.2 Å². The second-order valence-corrected chi connectivity index (χ2v) is 8.76. The lowest BCUT2D eigenvalue weighted by atomic mass is 10.1. The summed E-state index contributed by atoms with van der Waals surface area (Å²) in [6.07, 6.45) is 5.50. The zero-order chi connectivity index (χ0) is 16.7. The van der Waals surface area contributed by atoms with Crippen molar-refractivity contribution in [3.63, 3.8) is 0 Å². The van der Waals surface area contributed by atoms with Gasteiger partial charge in [0.25, 0.3) is 0 Å². The van der Waals surface area contributed by atoms with Gasteiger partial charge in [-0.2, -0.15) is 0 Å². The van der Waals surface area contributed by atoms with Gasteiger partial charge in [-0.15, -0.1) is 5.10 Å². The Bertz CT molecular complexity index is 973. The van der Waals surface area contributed by atoms with E-state index in [4.69, 9.17) is 0 Å². The lowest BCUT2D eigenvalue weighted by Crippen LogP contribution is -1.96. The second-order valence-electron chi connectivity index (χ2n) is 5.99. The van der Waals surface area contributed by atoms with Gasteiger partial charge in [0.2, 0.25) is 0 Å². The summed E-state index contributed by atoms with van der Waals surface area (Å²) < 4.78 is 27.2. The van der Waals surface area contributed by atoms with Crippen LogP contribution in [0.2, 0.25) is 0 Å². The van der Waals surface area contributed by atoms with E-state index in [0.717, 1.165) is 27.4 Å². The van der Waals surface area contributed by atoms with Crippen LogP contribution in [-0.4, -0.2) is 29.2 Å². The van der Waals surface area contributed by atoms with E-state index in [-0.39, 0.29) is 0 Å². The van der Waals surface area contributed by atoms with Crippen LogP contribution in [0.3, 0.4) is 0 Å². The molecule has 2 heterocycles. The zero-order valence-corrected chi connectivity index (χ0v) is 14.6. The maximum absolute atomic E-state index is 11.6. The summed E-state index contributed by atoms with van der Waals surface area (Å²) in [7, 11) is -3.20. The van der Waals surface area contributed by atoms with Crippen LogP contribution in [0.15, 0.2) is 47.5 Å². The van der Waals surface area contributed by atoms with Crippen LogP contribution in [0.4, 0.5) is 0 Å². The van der Waals surface area contributed by atoms with Crippen LogP contribution in [-0.2, 0) is 9.84 Å². The highest BCUT2D eigenvalue weighted by Gasteiger charge is 2.25. The van der Waals surface area contributed by atoms with E-state index < -0.39 is 9.84 Å². The van der Waals surface area contributed by atoms with Crippen molar-refractivity contribution in [1.82, 2.24) is 14.6 Å². The fourth-order valence-corrected chi connectivity index (χ4v) is 3.91. The molecule has 0 N–H and O–H groups in total. The molecule has 0 aliphatic heterocycles. The minimum absolute atomic E-state index is 0.306. The number of nitrogens with zero attached hydrogens (tertiary/aromatic N) is 3. The number of rotatable bonds is 4. The molecule has 0 radical (unpaired) electrons. The number of aromatic nitrogens is 3. The summed E-state index contributed by atoms with van der Waals surface area (Å²) in [5.74, 6) is 0.621. The molecule has 0 amide bonds. The predicted octanol–water partition coefficient (Wildman–Crippen LogP) is 3.55. The van der Waals surface area contributed by atoms with Crippen molar-refractivity contribution in [2.24, 2.45) is 0 Å². The van der Waals surface area contributed by atoms with E-state index >= 15 is 0 Å². The lowest BCUT2D eigenvalue weighted by Gasteiger charge is -2.04. The molecule has 1 saturated carbocycles. The molecule has 122 valence electrons. The molecule has 0 unspecified atom stereocenters. The van der Waals surface area contributed by atoms with Crippen LogP contribution in [0.1, 0.15) is 24.5 Å². The fraction of sp³-hybridized carbons (Fsp3) is 0.235. The van der Waals surface area contributed by atoms with Gasteiger partial charge in [-0.3, -0.25) is 4.98 Å². The van der Waals surface area contributed by atoms with E-state index in [2.05, 4.69) is 20.6 Å². The molecular formula is C17H15N3O2S2. The summed E-state index contributed by atoms with van der Waals surface area (Å²) in [5.41, 5.74) is 3.75. The number of sulfone groups is 1. The molecule has 0 atom stereocenters. The number of benzene rings is 1. The van der Waals surface area contributed by atoms with Gasteiger partial charge in [0.15, 0.2) is 9.84 Å². The van der Waals surface area contributed by atoms with Gasteiger partial charge in [-0.25, -0.2) is 8.42 Å². The molecule has 1 fully saturated rings. The van der Waals surface area contributed by atoms with Crippen molar-refractivity contribution in [2.45, 2.75) is 23.7 Å². The highest BCUT2D eigenvalue weighted by atomic mass is 32.2. The molecule has 0 saturated heterocycles. The Morgan fingerprint density at radius 3 is 2.33 bits per heavy atom. The van der Waals surface area contributed by atoms with Crippen LogP contribution < -0.4 is 0 Å². The number of hydrogen-bond donors (Lipinski definition) is 0. The number of pyridine rings is 1. The molecule has 24 heavy (non-hydrogen) atoms. The van der Waals surface area contributed by atoms with E-state index in [9.17, 15) is 8.42 Å². The smallest absolute Gasteiger partial charge is 0.175 e. The maximum atomic E-state index is 11.6. The molecule has 5 nitrogen and oxygen atoms in total. The average molecular weight is 357 g/mol. The summed E-state index contributed by atoms with van der Waals surface area (Å²) in [6, 6.07) is 10.9. The molecule has 4 rings (SSSR count). The monoisotopic (exact) mass is 357 g/mol. The Labute approximate surface area is 144 Å². The van der Waals surface area contributed by atoms with Crippen molar-refractivity contribution in [3.05, 3.63) is 48.3 Å². The Morgan fingerprint density at radius 2 is 1.75 bits per heavy atom. The summed E-state index contributed by atoms with van der Waals surface area (Å²) in [4.78, 5) is 5.75. The molecule has 1 aromatic carbocycles.